The van der Waals surface area contributed by atoms with Crippen LogP contribution in [0, 0.1) is 0 Å². The molecule has 2 aromatic rings. The Kier molecular flexibility index (Phi) is 3.15. The molecule has 1 heterocycles. The number of aliphatic carboxylic acids is 1. The number of carboxylic acid groups (broad SMARTS) is 1. The van der Waals surface area contributed by atoms with Crippen LogP contribution in [-0.2, 0) is 11.2 Å². The molecule has 0 bridgehead atoms. The van der Waals surface area contributed by atoms with E-state index in [4.69, 9.17) is 16.7 Å². The predicted octanol–water partition coefficient (Wildman–Crippen LogP) is 3.23. The van der Waals surface area contributed by atoms with Crippen molar-refractivity contribution in [3.05, 3.63) is 35.0 Å². The maximum absolute atomic E-state index is 10.4. The molecule has 0 aliphatic carbocycles. The molecule has 0 amide bonds. The first-order valence-corrected chi connectivity index (χ1v) is 5.52. The van der Waals surface area contributed by atoms with Crippen LogP contribution in [-0.4, -0.2) is 16.1 Å². The first-order valence-electron chi connectivity index (χ1n) is 5.14. The summed E-state index contributed by atoms with van der Waals surface area (Å²) in [4.78, 5) is 13.5. The molecular formula is C12H12ClNO2. The van der Waals surface area contributed by atoms with E-state index in [2.05, 4.69) is 4.98 Å². The van der Waals surface area contributed by atoms with Gasteiger partial charge in [0, 0.05) is 23.5 Å². The number of carbonyl (C=O) groups is 1. The number of rotatable bonds is 4. The fraction of sp³-hybridized carbons (Fsp3) is 0.250. The topological polar surface area (TPSA) is 53.1 Å². The van der Waals surface area contributed by atoms with Crippen LogP contribution in [0.1, 0.15) is 18.4 Å². The summed E-state index contributed by atoms with van der Waals surface area (Å²) in [5.74, 6) is -0.757. The van der Waals surface area contributed by atoms with Crippen LogP contribution in [0.15, 0.2) is 24.4 Å². The van der Waals surface area contributed by atoms with Crippen LogP contribution in [0.5, 0.6) is 0 Å². The molecule has 0 aliphatic rings. The summed E-state index contributed by atoms with van der Waals surface area (Å²) < 4.78 is 0. The number of hydrogen-bond acceptors (Lipinski definition) is 1. The Morgan fingerprint density at radius 3 is 3.00 bits per heavy atom. The minimum absolute atomic E-state index is 0.195. The fourth-order valence-corrected chi connectivity index (χ4v) is 2.07. The largest absolute Gasteiger partial charge is 0.481 e. The molecule has 4 heteroatoms. The van der Waals surface area contributed by atoms with E-state index in [1.165, 1.54) is 0 Å². The molecule has 2 rings (SSSR count). The lowest BCUT2D eigenvalue weighted by atomic mass is 10.1. The number of aromatic nitrogens is 1. The van der Waals surface area contributed by atoms with Crippen LogP contribution < -0.4 is 0 Å². The van der Waals surface area contributed by atoms with E-state index in [1.54, 1.807) is 0 Å². The fourth-order valence-electron chi connectivity index (χ4n) is 1.77. The van der Waals surface area contributed by atoms with Gasteiger partial charge >= 0.3 is 5.97 Å². The van der Waals surface area contributed by atoms with Gasteiger partial charge < -0.3 is 10.1 Å². The van der Waals surface area contributed by atoms with Crippen LogP contribution in [0.3, 0.4) is 0 Å². The average molecular weight is 238 g/mol. The molecule has 2 N–H and O–H groups in total. The standard InChI is InChI=1S/C12H12ClNO2/c13-10-6-8(2-1-3-12(15)16)7-11-9(10)4-5-14-11/h4-7,14H,1-3H2,(H,15,16). The summed E-state index contributed by atoms with van der Waals surface area (Å²) in [5, 5.41) is 10.3. The number of aryl methyl sites for hydroxylation is 1. The Morgan fingerprint density at radius 2 is 2.25 bits per heavy atom. The first-order chi connectivity index (χ1) is 7.66. The number of fused-ring (bicyclic) bond motifs is 1. The zero-order valence-corrected chi connectivity index (χ0v) is 9.42. The predicted molar refractivity (Wildman–Crippen MR) is 63.9 cm³/mol. The highest BCUT2D eigenvalue weighted by Gasteiger charge is 2.04. The average Bonchev–Trinajstić information content (AvgIpc) is 2.65. The van der Waals surface area contributed by atoms with E-state index in [9.17, 15) is 4.79 Å². The van der Waals surface area contributed by atoms with Gasteiger partial charge in [-0.1, -0.05) is 11.6 Å². The molecule has 0 aliphatic heterocycles. The van der Waals surface area contributed by atoms with Gasteiger partial charge in [-0.15, -0.1) is 0 Å². The third-order valence-corrected chi connectivity index (χ3v) is 2.85. The molecule has 0 radical (unpaired) electrons. The highest BCUT2D eigenvalue weighted by molar-refractivity contribution is 6.35. The minimum atomic E-state index is -0.757. The molecule has 3 nitrogen and oxygen atoms in total. The van der Waals surface area contributed by atoms with Crippen LogP contribution in [0.4, 0.5) is 0 Å². The van der Waals surface area contributed by atoms with Crippen molar-refractivity contribution >= 4 is 28.5 Å². The maximum Gasteiger partial charge on any atom is 0.303 e. The summed E-state index contributed by atoms with van der Waals surface area (Å²) in [6.07, 6.45) is 3.41. The first kappa shape index (κ1) is 11.0. The SMILES string of the molecule is O=C(O)CCCc1cc(Cl)c2cc[nH]c2c1. The Morgan fingerprint density at radius 1 is 1.44 bits per heavy atom. The third-order valence-electron chi connectivity index (χ3n) is 2.53. The molecule has 0 saturated carbocycles. The lowest BCUT2D eigenvalue weighted by Crippen LogP contribution is -1.95. The van der Waals surface area contributed by atoms with Gasteiger partial charge in [-0.25, -0.2) is 0 Å². The molecule has 0 saturated heterocycles. The normalized spacial score (nSPS) is 10.8. The van der Waals surface area contributed by atoms with E-state index in [0.29, 0.717) is 11.4 Å². The quantitative estimate of drug-likeness (QED) is 0.858. The van der Waals surface area contributed by atoms with Gasteiger partial charge in [0.25, 0.3) is 0 Å². The second-order valence-corrected chi connectivity index (χ2v) is 4.17. The van der Waals surface area contributed by atoms with E-state index in [0.717, 1.165) is 22.9 Å². The monoisotopic (exact) mass is 237 g/mol. The van der Waals surface area contributed by atoms with Crippen LogP contribution in [0.25, 0.3) is 10.9 Å². The van der Waals surface area contributed by atoms with Crippen molar-refractivity contribution in [2.75, 3.05) is 0 Å². The molecule has 16 heavy (non-hydrogen) atoms. The Bertz CT molecular complexity index is 519. The Labute approximate surface area is 98.0 Å². The number of hydrogen-bond donors (Lipinski definition) is 2. The molecule has 1 aromatic heterocycles. The highest BCUT2D eigenvalue weighted by Crippen LogP contribution is 2.25. The van der Waals surface area contributed by atoms with Crippen LogP contribution >= 0.6 is 11.6 Å². The van der Waals surface area contributed by atoms with Gasteiger partial charge in [-0.3, -0.25) is 4.79 Å². The third kappa shape index (κ3) is 2.36. The molecule has 0 spiro atoms. The summed E-state index contributed by atoms with van der Waals surface area (Å²) >= 11 is 6.11. The number of benzene rings is 1. The zero-order chi connectivity index (χ0) is 11.5. The van der Waals surface area contributed by atoms with E-state index in [-0.39, 0.29) is 6.42 Å². The van der Waals surface area contributed by atoms with Gasteiger partial charge in [0.05, 0.1) is 5.02 Å². The van der Waals surface area contributed by atoms with Crippen LogP contribution in [0.2, 0.25) is 5.02 Å². The number of aromatic amines is 1. The van der Waals surface area contributed by atoms with Crippen molar-refractivity contribution in [1.82, 2.24) is 4.98 Å². The van der Waals surface area contributed by atoms with Gasteiger partial charge in [-0.05, 0) is 36.6 Å². The molecule has 0 fully saturated rings. The van der Waals surface area contributed by atoms with E-state index < -0.39 is 5.97 Å². The van der Waals surface area contributed by atoms with Gasteiger partial charge in [0.15, 0.2) is 0 Å². The van der Waals surface area contributed by atoms with Crippen molar-refractivity contribution in [2.45, 2.75) is 19.3 Å². The highest BCUT2D eigenvalue weighted by atomic mass is 35.5. The molecule has 0 atom stereocenters. The molecule has 0 unspecified atom stereocenters. The Balaban J connectivity index is 2.15. The summed E-state index contributed by atoms with van der Waals surface area (Å²) in [6.45, 7) is 0. The summed E-state index contributed by atoms with van der Waals surface area (Å²) in [6, 6.07) is 5.85. The number of H-pyrrole nitrogens is 1. The minimum Gasteiger partial charge on any atom is -0.481 e. The molecule has 1 aromatic carbocycles. The van der Waals surface area contributed by atoms with Crippen molar-refractivity contribution in [1.29, 1.82) is 0 Å². The maximum atomic E-state index is 10.4. The number of carboxylic acids is 1. The Hall–Kier alpha value is -1.48. The second kappa shape index (κ2) is 4.58. The van der Waals surface area contributed by atoms with Crippen molar-refractivity contribution in [3.63, 3.8) is 0 Å². The van der Waals surface area contributed by atoms with Crippen molar-refractivity contribution < 1.29 is 9.90 Å². The van der Waals surface area contributed by atoms with Gasteiger partial charge in [0.2, 0.25) is 0 Å². The van der Waals surface area contributed by atoms with Gasteiger partial charge in [-0.2, -0.15) is 0 Å². The number of halogens is 1. The van der Waals surface area contributed by atoms with Crippen molar-refractivity contribution in [2.24, 2.45) is 0 Å². The lowest BCUT2D eigenvalue weighted by molar-refractivity contribution is -0.137. The molecule has 84 valence electrons. The number of nitrogens with one attached hydrogen (secondary N) is 1. The summed E-state index contributed by atoms with van der Waals surface area (Å²) in [7, 11) is 0. The second-order valence-electron chi connectivity index (χ2n) is 3.76. The van der Waals surface area contributed by atoms with E-state index in [1.807, 2.05) is 24.4 Å². The van der Waals surface area contributed by atoms with E-state index >= 15 is 0 Å². The van der Waals surface area contributed by atoms with Crippen molar-refractivity contribution in [3.8, 4) is 0 Å². The molecular weight excluding hydrogens is 226 g/mol. The van der Waals surface area contributed by atoms with Gasteiger partial charge in [0.1, 0.15) is 0 Å². The summed E-state index contributed by atoms with van der Waals surface area (Å²) in [5.41, 5.74) is 2.07. The lowest BCUT2D eigenvalue weighted by Gasteiger charge is -2.02. The smallest absolute Gasteiger partial charge is 0.303 e. The zero-order valence-electron chi connectivity index (χ0n) is 8.66.